The van der Waals surface area contributed by atoms with Crippen LogP contribution in [0.2, 0.25) is 0 Å². The van der Waals surface area contributed by atoms with Crippen LogP contribution >= 0.6 is 0 Å². The quantitative estimate of drug-likeness (QED) is 0.100. The van der Waals surface area contributed by atoms with Crippen molar-refractivity contribution in [1.29, 1.82) is 0 Å². The molecule has 0 radical (unpaired) electrons. The third-order valence-electron chi connectivity index (χ3n) is 11.9. The van der Waals surface area contributed by atoms with E-state index in [1.807, 2.05) is 0 Å². The third-order valence-corrected chi connectivity index (χ3v) is 11.9. The molecule has 56 heavy (non-hydrogen) atoms. The smallest absolute Gasteiger partial charge is 0.0671 e. The van der Waals surface area contributed by atoms with Gasteiger partial charge in [-0.2, -0.15) is 0 Å². The van der Waals surface area contributed by atoms with Gasteiger partial charge in [0.05, 0.1) is 5.70 Å². The van der Waals surface area contributed by atoms with Crippen LogP contribution in [-0.4, -0.2) is 5.71 Å². The number of benzene rings is 5. The van der Waals surface area contributed by atoms with Crippen LogP contribution in [0, 0.1) is 5.92 Å². The zero-order chi connectivity index (χ0) is 38.1. The number of nitrogens with zero attached hydrogens (tertiary/aromatic N) is 1. The molecule has 278 valence electrons. The summed E-state index contributed by atoms with van der Waals surface area (Å²) in [5.74, 6) is 1.09. The van der Waals surface area contributed by atoms with E-state index in [2.05, 4.69) is 196 Å². The second-order valence-corrected chi connectivity index (χ2v) is 15.5. The molecule has 0 saturated carbocycles. The molecule has 8 rings (SSSR count). The van der Waals surface area contributed by atoms with Gasteiger partial charge in [0.15, 0.2) is 0 Å². The van der Waals surface area contributed by atoms with Crippen LogP contribution in [0.5, 0.6) is 0 Å². The number of fused-ring (bicyclic) bond motifs is 1. The van der Waals surface area contributed by atoms with Crippen LogP contribution in [0.1, 0.15) is 110 Å². The Hall–Kier alpha value is -5.79. The van der Waals surface area contributed by atoms with E-state index in [9.17, 15) is 0 Å². The number of rotatable bonds is 10. The fraction of sp³-hybridized carbons (Fsp3) is 0.218. The molecule has 3 aliphatic rings. The zero-order valence-electron chi connectivity index (χ0n) is 32.9. The highest BCUT2D eigenvalue weighted by Gasteiger charge is 2.28. The van der Waals surface area contributed by atoms with Crippen LogP contribution in [-0.2, 0) is 0 Å². The summed E-state index contributed by atoms with van der Waals surface area (Å²) in [4.78, 5) is 5.37. The van der Waals surface area contributed by atoms with Gasteiger partial charge in [0.1, 0.15) is 0 Å². The minimum Gasteiger partial charge on any atom is -0.253 e. The lowest BCUT2D eigenvalue weighted by Gasteiger charge is -2.32. The Kier molecular flexibility index (Phi) is 11.8. The molecule has 0 amide bonds. The predicted octanol–water partition coefficient (Wildman–Crippen LogP) is 14.7. The van der Waals surface area contributed by atoms with Gasteiger partial charge in [-0.1, -0.05) is 196 Å². The van der Waals surface area contributed by atoms with Gasteiger partial charge >= 0.3 is 0 Å². The van der Waals surface area contributed by atoms with Crippen molar-refractivity contribution in [1.82, 2.24) is 0 Å². The number of aliphatic imine (C=N–C) groups is 1. The van der Waals surface area contributed by atoms with Crippen LogP contribution in [0.4, 0.5) is 0 Å². The Morgan fingerprint density at radius 2 is 1.39 bits per heavy atom. The molecule has 0 aliphatic heterocycles. The summed E-state index contributed by atoms with van der Waals surface area (Å²) in [6, 6.07) is 50.7. The lowest BCUT2D eigenvalue weighted by Crippen LogP contribution is -2.15. The van der Waals surface area contributed by atoms with Crippen molar-refractivity contribution < 1.29 is 0 Å². The standard InChI is InChI=1S/C55H53N/c1-3-54(56-55(45-26-14-7-15-27-45)38-40(2)41-20-8-4-9-21-41)46-34-32-44(33-35-46)48-36-37-52(50-30-19-18-29-49(48)50)51-31-17-16-28-47(42-22-10-5-11-23-42)39-53(51)43-24-12-6-13-25-43/h4-12,14-15,17-23,26-27,29-36,38-40,43,52H,3,13,16,24-25,28,37H2,1-2H3/b31-17?,47-39+,53-51?,55-38-,56-54?. The van der Waals surface area contributed by atoms with Crippen LogP contribution in [0.25, 0.3) is 16.8 Å². The van der Waals surface area contributed by atoms with E-state index in [0.29, 0.717) is 11.8 Å². The van der Waals surface area contributed by atoms with Crippen molar-refractivity contribution in [2.75, 3.05) is 0 Å². The SMILES string of the molecule is CCC(=N/C(=C\C(C)c1ccccc1)c1ccccc1)c1ccc(C2=CCC(C3=C(C4CC=CCC4)/C=C(/c4ccccc4)CCC=C3)c3ccccc32)cc1. The lowest BCUT2D eigenvalue weighted by atomic mass is 9.72. The molecule has 5 aromatic rings. The monoisotopic (exact) mass is 727 g/mol. The van der Waals surface area contributed by atoms with E-state index in [-0.39, 0.29) is 5.92 Å². The van der Waals surface area contributed by atoms with Crippen molar-refractivity contribution in [2.45, 2.75) is 70.6 Å². The van der Waals surface area contributed by atoms with Gasteiger partial charge in [-0.3, -0.25) is 4.99 Å². The van der Waals surface area contributed by atoms with E-state index in [0.717, 1.165) is 55.5 Å². The zero-order valence-corrected chi connectivity index (χ0v) is 32.9. The van der Waals surface area contributed by atoms with Gasteiger partial charge in [0.2, 0.25) is 0 Å². The highest BCUT2D eigenvalue weighted by atomic mass is 14.8. The highest BCUT2D eigenvalue weighted by molar-refractivity contribution is 6.03. The number of hydrogen-bond acceptors (Lipinski definition) is 1. The summed E-state index contributed by atoms with van der Waals surface area (Å²) in [6.07, 6.45) is 24.6. The molecule has 0 saturated heterocycles. The maximum atomic E-state index is 5.37. The molecule has 0 bridgehead atoms. The average molecular weight is 728 g/mol. The lowest BCUT2D eigenvalue weighted by molar-refractivity contribution is 0.554. The molecule has 5 aromatic carbocycles. The van der Waals surface area contributed by atoms with Crippen molar-refractivity contribution in [3.8, 4) is 0 Å². The molecule has 1 heteroatoms. The molecule has 0 fully saturated rings. The maximum Gasteiger partial charge on any atom is 0.0671 e. The van der Waals surface area contributed by atoms with Gasteiger partial charge in [-0.15, -0.1) is 0 Å². The van der Waals surface area contributed by atoms with Gasteiger partial charge in [0, 0.05) is 17.5 Å². The summed E-state index contributed by atoms with van der Waals surface area (Å²) in [7, 11) is 0. The number of hydrogen-bond donors (Lipinski definition) is 0. The first-order valence-electron chi connectivity index (χ1n) is 20.8. The summed E-state index contributed by atoms with van der Waals surface area (Å²) < 4.78 is 0. The molecule has 3 aliphatic carbocycles. The highest BCUT2D eigenvalue weighted by Crippen LogP contribution is 2.46. The summed E-state index contributed by atoms with van der Waals surface area (Å²) in [5, 5.41) is 0. The Morgan fingerprint density at radius 1 is 0.679 bits per heavy atom. The molecular weight excluding hydrogens is 675 g/mol. The van der Waals surface area contributed by atoms with Crippen molar-refractivity contribution >= 4 is 22.6 Å². The van der Waals surface area contributed by atoms with Crippen LogP contribution < -0.4 is 0 Å². The fourth-order valence-electron chi connectivity index (χ4n) is 8.83. The number of allylic oxidation sites excluding steroid dienone is 10. The molecular formula is C55H53N. The Morgan fingerprint density at radius 3 is 2.12 bits per heavy atom. The largest absolute Gasteiger partial charge is 0.253 e. The maximum absolute atomic E-state index is 5.37. The first-order chi connectivity index (χ1) is 27.7. The summed E-state index contributed by atoms with van der Waals surface area (Å²) in [6.45, 7) is 4.47. The van der Waals surface area contributed by atoms with Gasteiger partial charge in [-0.05, 0) is 112 Å². The van der Waals surface area contributed by atoms with E-state index in [4.69, 9.17) is 4.99 Å². The van der Waals surface area contributed by atoms with E-state index in [1.165, 1.54) is 56.5 Å². The third kappa shape index (κ3) is 8.38. The van der Waals surface area contributed by atoms with Crippen molar-refractivity contribution in [2.24, 2.45) is 10.9 Å². The van der Waals surface area contributed by atoms with Gasteiger partial charge in [-0.25, -0.2) is 0 Å². The molecule has 0 heterocycles. The topological polar surface area (TPSA) is 12.4 Å². The fourth-order valence-corrected chi connectivity index (χ4v) is 8.83. The first kappa shape index (κ1) is 37.1. The van der Waals surface area contributed by atoms with Gasteiger partial charge < -0.3 is 0 Å². The minimum atomic E-state index is 0.240. The predicted molar refractivity (Wildman–Crippen MR) is 240 cm³/mol. The molecule has 3 atom stereocenters. The normalized spacial score (nSPS) is 20.3. The van der Waals surface area contributed by atoms with Crippen LogP contribution in [0.15, 0.2) is 198 Å². The first-order valence-corrected chi connectivity index (χ1v) is 20.8. The van der Waals surface area contributed by atoms with E-state index < -0.39 is 0 Å². The van der Waals surface area contributed by atoms with Crippen molar-refractivity contribution in [3.05, 3.63) is 232 Å². The average Bonchev–Trinajstić information content (AvgIpc) is 3.26. The molecule has 0 N–H and O–H groups in total. The second-order valence-electron chi connectivity index (χ2n) is 15.5. The summed E-state index contributed by atoms with van der Waals surface area (Å²) >= 11 is 0. The van der Waals surface area contributed by atoms with Crippen molar-refractivity contribution in [3.63, 3.8) is 0 Å². The molecule has 1 nitrogen and oxygen atoms in total. The molecule has 3 unspecified atom stereocenters. The Labute approximate surface area is 335 Å². The Bertz CT molecular complexity index is 2330. The van der Waals surface area contributed by atoms with E-state index >= 15 is 0 Å². The van der Waals surface area contributed by atoms with E-state index in [1.54, 1.807) is 5.57 Å². The summed E-state index contributed by atoms with van der Waals surface area (Å²) in [5.41, 5.74) is 17.0. The second kappa shape index (κ2) is 17.8. The Balaban J connectivity index is 1.13. The van der Waals surface area contributed by atoms with Crippen LogP contribution in [0.3, 0.4) is 0 Å². The molecule has 0 aromatic heterocycles. The van der Waals surface area contributed by atoms with Gasteiger partial charge in [0.25, 0.3) is 0 Å². The molecule has 0 spiro atoms. The minimum absolute atomic E-state index is 0.240.